The highest BCUT2D eigenvalue weighted by Crippen LogP contribution is 2.38. The molecule has 4 heteroatoms. The van der Waals surface area contributed by atoms with Crippen LogP contribution in [0.1, 0.15) is 44.0 Å². The molecule has 1 aromatic carbocycles. The number of hydrogen-bond acceptors (Lipinski definition) is 4. The van der Waals surface area contributed by atoms with Gasteiger partial charge in [-0.3, -0.25) is 0 Å². The van der Waals surface area contributed by atoms with Gasteiger partial charge in [0.05, 0.1) is 16.9 Å². The first-order valence-corrected chi connectivity index (χ1v) is 7.32. The number of esters is 1. The first-order chi connectivity index (χ1) is 9.44. The molecule has 1 fully saturated rings. The third-order valence-electron chi connectivity index (χ3n) is 3.60. The number of ether oxygens (including phenoxy) is 1. The average molecular weight is 274 g/mol. The second-order valence-corrected chi connectivity index (χ2v) is 6.59. The lowest BCUT2D eigenvalue weighted by molar-refractivity contribution is 0.00696. The van der Waals surface area contributed by atoms with Gasteiger partial charge in [-0.1, -0.05) is 0 Å². The van der Waals surface area contributed by atoms with E-state index in [0.29, 0.717) is 11.6 Å². The first kappa shape index (κ1) is 13.3. The molecule has 1 aliphatic heterocycles. The van der Waals surface area contributed by atoms with Gasteiger partial charge in [0, 0.05) is 19.1 Å². The van der Waals surface area contributed by atoms with Crippen molar-refractivity contribution in [3.8, 4) is 0 Å². The lowest BCUT2D eigenvalue weighted by atomic mass is 10.1. The summed E-state index contributed by atoms with van der Waals surface area (Å²) in [4.78, 5) is 14.6. The van der Waals surface area contributed by atoms with E-state index in [1.807, 2.05) is 39.0 Å². The molecule has 108 valence electrons. The smallest absolute Gasteiger partial charge is 0.338 e. The predicted molar refractivity (Wildman–Crippen MR) is 80.5 cm³/mol. The Morgan fingerprint density at radius 1 is 1.35 bits per heavy atom. The van der Waals surface area contributed by atoms with Gasteiger partial charge in [0.1, 0.15) is 5.60 Å². The van der Waals surface area contributed by atoms with Gasteiger partial charge in [0.25, 0.3) is 0 Å². The van der Waals surface area contributed by atoms with Gasteiger partial charge in [-0.25, -0.2) is 4.79 Å². The molecule has 0 radical (unpaired) electrons. The third-order valence-corrected chi connectivity index (χ3v) is 3.60. The van der Waals surface area contributed by atoms with Crippen molar-refractivity contribution in [2.75, 3.05) is 23.3 Å². The Labute approximate surface area is 120 Å². The molecular formula is C16H22N2O2. The monoisotopic (exact) mass is 274 g/mol. The van der Waals surface area contributed by atoms with Crippen molar-refractivity contribution in [1.29, 1.82) is 0 Å². The normalized spacial score (nSPS) is 18.2. The quantitative estimate of drug-likeness (QED) is 0.842. The lowest BCUT2D eigenvalue weighted by Crippen LogP contribution is -2.35. The van der Waals surface area contributed by atoms with E-state index in [1.54, 1.807) is 0 Å². The second-order valence-electron chi connectivity index (χ2n) is 6.59. The maximum Gasteiger partial charge on any atom is 0.338 e. The number of fused-ring (bicyclic) bond motifs is 1. The van der Waals surface area contributed by atoms with Gasteiger partial charge in [0.2, 0.25) is 0 Å². The SMILES string of the molecule is CC(C)(C)OC(=O)c1ccc2c(c1)NCCN2C1CC1. The Morgan fingerprint density at radius 3 is 2.75 bits per heavy atom. The molecule has 0 saturated heterocycles. The lowest BCUT2D eigenvalue weighted by Gasteiger charge is -2.32. The van der Waals surface area contributed by atoms with Crippen molar-refractivity contribution in [2.24, 2.45) is 0 Å². The van der Waals surface area contributed by atoms with Crippen molar-refractivity contribution in [3.63, 3.8) is 0 Å². The van der Waals surface area contributed by atoms with Crippen LogP contribution in [-0.2, 0) is 4.74 Å². The molecule has 1 heterocycles. The van der Waals surface area contributed by atoms with Gasteiger partial charge >= 0.3 is 5.97 Å². The van der Waals surface area contributed by atoms with Gasteiger partial charge in [0.15, 0.2) is 0 Å². The molecule has 0 amide bonds. The van der Waals surface area contributed by atoms with Gasteiger partial charge in [-0.2, -0.15) is 0 Å². The average Bonchev–Trinajstić information content (AvgIpc) is 3.19. The molecule has 2 aliphatic rings. The predicted octanol–water partition coefficient (Wildman–Crippen LogP) is 3.04. The van der Waals surface area contributed by atoms with E-state index in [9.17, 15) is 4.79 Å². The molecule has 1 N–H and O–H groups in total. The Hall–Kier alpha value is -1.71. The zero-order chi connectivity index (χ0) is 14.3. The van der Waals surface area contributed by atoms with E-state index in [4.69, 9.17) is 4.74 Å². The highest BCUT2D eigenvalue weighted by Gasteiger charge is 2.32. The van der Waals surface area contributed by atoms with E-state index < -0.39 is 5.60 Å². The maximum atomic E-state index is 12.1. The summed E-state index contributed by atoms with van der Waals surface area (Å²) in [6.07, 6.45) is 2.57. The number of benzene rings is 1. The van der Waals surface area contributed by atoms with Crippen molar-refractivity contribution in [2.45, 2.75) is 45.3 Å². The first-order valence-electron chi connectivity index (χ1n) is 7.32. The summed E-state index contributed by atoms with van der Waals surface area (Å²) in [7, 11) is 0. The van der Waals surface area contributed by atoms with Crippen LogP contribution in [0.4, 0.5) is 11.4 Å². The molecule has 0 aromatic heterocycles. The summed E-state index contributed by atoms with van der Waals surface area (Å²) < 4.78 is 5.42. The number of anilines is 2. The maximum absolute atomic E-state index is 12.1. The molecule has 1 saturated carbocycles. The molecule has 0 unspecified atom stereocenters. The summed E-state index contributed by atoms with van der Waals surface area (Å²) in [6.45, 7) is 7.63. The largest absolute Gasteiger partial charge is 0.456 e. The molecule has 3 rings (SSSR count). The zero-order valence-electron chi connectivity index (χ0n) is 12.4. The Balaban J connectivity index is 1.83. The Morgan fingerprint density at radius 2 is 2.10 bits per heavy atom. The fraction of sp³-hybridized carbons (Fsp3) is 0.562. The minimum Gasteiger partial charge on any atom is -0.456 e. The molecule has 20 heavy (non-hydrogen) atoms. The second kappa shape index (κ2) is 4.69. The number of nitrogens with one attached hydrogen (secondary N) is 1. The Kier molecular flexibility index (Phi) is 3.11. The van der Waals surface area contributed by atoms with Gasteiger partial charge in [-0.15, -0.1) is 0 Å². The van der Waals surface area contributed by atoms with E-state index >= 15 is 0 Å². The van der Waals surface area contributed by atoms with Crippen molar-refractivity contribution < 1.29 is 9.53 Å². The number of carbonyl (C=O) groups excluding carboxylic acids is 1. The number of rotatable bonds is 2. The van der Waals surface area contributed by atoms with Crippen LogP contribution in [0, 0.1) is 0 Å². The Bertz CT molecular complexity index is 530. The van der Waals surface area contributed by atoms with E-state index in [2.05, 4.69) is 10.2 Å². The van der Waals surface area contributed by atoms with E-state index in [-0.39, 0.29) is 5.97 Å². The fourth-order valence-electron chi connectivity index (χ4n) is 2.59. The van der Waals surface area contributed by atoms with Crippen LogP contribution in [-0.4, -0.2) is 30.7 Å². The van der Waals surface area contributed by atoms with Crippen molar-refractivity contribution >= 4 is 17.3 Å². The molecule has 4 nitrogen and oxygen atoms in total. The summed E-state index contributed by atoms with van der Waals surface area (Å²) >= 11 is 0. The highest BCUT2D eigenvalue weighted by molar-refractivity contribution is 5.93. The van der Waals surface area contributed by atoms with Gasteiger partial charge < -0.3 is 15.0 Å². The fourth-order valence-corrected chi connectivity index (χ4v) is 2.59. The topological polar surface area (TPSA) is 41.6 Å². The van der Waals surface area contributed by atoms with Crippen LogP contribution in [0.5, 0.6) is 0 Å². The highest BCUT2D eigenvalue weighted by atomic mass is 16.6. The van der Waals surface area contributed by atoms with Crippen LogP contribution in [0.2, 0.25) is 0 Å². The molecule has 1 aromatic rings. The number of carbonyl (C=O) groups is 1. The van der Waals surface area contributed by atoms with Crippen LogP contribution >= 0.6 is 0 Å². The van der Waals surface area contributed by atoms with Crippen LogP contribution < -0.4 is 10.2 Å². The molecule has 0 bridgehead atoms. The van der Waals surface area contributed by atoms with Crippen molar-refractivity contribution in [1.82, 2.24) is 0 Å². The number of hydrogen-bond donors (Lipinski definition) is 1. The van der Waals surface area contributed by atoms with E-state index in [1.165, 1.54) is 18.5 Å². The molecule has 1 aliphatic carbocycles. The third kappa shape index (κ3) is 2.74. The zero-order valence-corrected chi connectivity index (χ0v) is 12.4. The molecule has 0 spiro atoms. The van der Waals surface area contributed by atoms with Crippen LogP contribution in [0.25, 0.3) is 0 Å². The summed E-state index contributed by atoms with van der Waals surface area (Å²) in [6, 6.07) is 6.52. The van der Waals surface area contributed by atoms with Crippen LogP contribution in [0.3, 0.4) is 0 Å². The summed E-state index contributed by atoms with van der Waals surface area (Å²) in [5.41, 5.74) is 2.42. The number of nitrogens with zero attached hydrogens (tertiary/aromatic N) is 1. The van der Waals surface area contributed by atoms with Crippen LogP contribution in [0.15, 0.2) is 18.2 Å². The van der Waals surface area contributed by atoms with Gasteiger partial charge in [-0.05, 0) is 51.8 Å². The standard InChI is InChI=1S/C16H22N2O2/c1-16(2,3)20-15(19)11-4-7-14-13(10-11)17-8-9-18(14)12-5-6-12/h4,7,10,12,17H,5-6,8-9H2,1-3H3. The summed E-state index contributed by atoms with van der Waals surface area (Å²) in [5, 5.41) is 3.38. The minimum absolute atomic E-state index is 0.259. The molecular weight excluding hydrogens is 252 g/mol. The van der Waals surface area contributed by atoms with E-state index in [0.717, 1.165) is 18.8 Å². The van der Waals surface area contributed by atoms with Crippen molar-refractivity contribution in [3.05, 3.63) is 23.8 Å². The summed E-state index contributed by atoms with van der Waals surface area (Å²) in [5.74, 6) is -0.259. The minimum atomic E-state index is -0.458. The molecule has 0 atom stereocenters.